The second-order valence-corrected chi connectivity index (χ2v) is 8.47. The Balaban J connectivity index is 1.55. The molecule has 1 heterocycles. The highest BCUT2D eigenvalue weighted by atomic mass is 79.9. The van der Waals surface area contributed by atoms with Crippen molar-refractivity contribution in [2.75, 3.05) is 16.8 Å². The minimum atomic E-state index is -0.270. The van der Waals surface area contributed by atoms with Gasteiger partial charge in [-0.25, -0.2) is 0 Å². The average Bonchev–Trinajstić information content (AvgIpc) is 3.32. The van der Waals surface area contributed by atoms with E-state index in [1.165, 1.54) is 0 Å². The summed E-state index contributed by atoms with van der Waals surface area (Å²) in [5, 5.41) is 3.30. The van der Waals surface area contributed by atoms with Crippen LogP contribution in [0.1, 0.15) is 41.6 Å². The van der Waals surface area contributed by atoms with Crippen molar-refractivity contribution in [3.05, 3.63) is 57.0 Å². The summed E-state index contributed by atoms with van der Waals surface area (Å²) in [6.45, 7) is 0.722. The van der Waals surface area contributed by atoms with Crippen molar-refractivity contribution in [1.82, 2.24) is 0 Å². The van der Waals surface area contributed by atoms with E-state index in [2.05, 4.69) is 21.2 Å². The molecule has 4 nitrogen and oxygen atoms in total. The highest BCUT2D eigenvalue weighted by Crippen LogP contribution is 2.35. The number of fused-ring (bicyclic) bond motifs is 1. The molecular weight excluding hydrogens is 428 g/mol. The monoisotopic (exact) mass is 446 g/mol. The van der Waals surface area contributed by atoms with Gasteiger partial charge in [0.2, 0.25) is 5.91 Å². The van der Waals surface area contributed by atoms with E-state index >= 15 is 0 Å². The number of carbonyl (C=O) groups excluding carboxylic acids is 2. The fourth-order valence-electron chi connectivity index (χ4n) is 3.95. The maximum atomic E-state index is 12.9. The van der Waals surface area contributed by atoms with E-state index in [1.807, 2.05) is 23.1 Å². The Labute approximate surface area is 172 Å². The molecule has 0 aromatic heterocycles. The Morgan fingerprint density at radius 3 is 2.67 bits per heavy atom. The van der Waals surface area contributed by atoms with E-state index in [9.17, 15) is 9.59 Å². The van der Waals surface area contributed by atoms with Crippen molar-refractivity contribution in [3.63, 3.8) is 0 Å². The minimum absolute atomic E-state index is 0.148. The van der Waals surface area contributed by atoms with Crippen molar-refractivity contribution in [2.24, 2.45) is 5.92 Å². The summed E-state index contributed by atoms with van der Waals surface area (Å²) in [6.07, 6.45) is 5.12. The van der Waals surface area contributed by atoms with Gasteiger partial charge in [0.15, 0.2) is 0 Å². The number of carbonyl (C=O) groups is 2. The molecule has 0 radical (unpaired) electrons. The van der Waals surface area contributed by atoms with Gasteiger partial charge in [-0.05, 0) is 55.2 Å². The molecular formula is C21H20BrClN2O2. The smallest absolute Gasteiger partial charge is 0.257 e. The minimum Gasteiger partial charge on any atom is -0.322 e. The van der Waals surface area contributed by atoms with Gasteiger partial charge in [-0.2, -0.15) is 0 Å². The van der Waals surface area contributed by atoms with E-state index in [1.54, 1.807) is 18.2 Å². The molecule has 0 atom stereocenters. The first-order valence-corrected chi connectivity index (χ1v) is 10.4. The first kappa shape index (κ1) is 18.5. The molecule has 4 rings (SSSR count). The summed E-state index contributed by atoms with van der Waals surface area (Å²) < 4.78 is 0.791. The summed E-state index contributed by atoms with van der Waals surface area (Å²) in [5.41, 5.74) is 3.15. The molecule has 2 aliphatic rings. The van der Waals surface area contributed by atoms with Crippen LogP contribution in [0.5, 0.6) is 0 Å². The topological polar surface area (TPSA) is 49.4 Å². The Hall–Kier alpha value is -1.85. The van der Waals surface area contributed by atoms with Gasteiger partial charge in [0, 0.05) is 28.3 Å². The number of hydrogen-bond donors (Lipinski definition) is 1. The number of halogens is 2. The number of nitrogens with one attached hydrogen (secondary N) is 1. The highest BCUT2D eigenvalue weighted by Gasteiger charge is 2.32. The standard InChI is InChI=1S/C21H20BrClN2O2/c22-15-6-8-18(23)17(11-15)20(26)24-16-7-5-13-9-10-25(19(13)12-16)21(27)14-3-1-2-4-14/h5-8,11-12,14H,1-4,9-10H2,(H,24,26). The van der Waals surface area contributed by atoms with Crippen LogP contribution in [-0.4, -0.2) is 18.4 Å². The molecule has 0 unspecified atom stereocenters. The summed E-state index contributed by atoms with van der Waals surface area (Å²) in [7, 11) is 0. The third kappa shape index (κ3) is 3.76. The predicted molar refractivity (Wildman–Crippen MR) is 112 cm³/mol. The molecule has 140 valence electrons. The average molecular weight is 448 g/mol. The predicted octanol–water partition coefficient (Wildman–Crippen LogP) is 5.43. The van der Waals surface area contributed by atoms with Gasteiger partial charge in [-0.15, -0.1) is 0 Å². The van der Waals surface area contributed by atoms with Crippen molar-refractivity contribution in [3.8, 4) is 0 Å². The van der Waals surface area contributed by atoms with Crippen LogP contribution in [0.4, 0.5) is 11.4 Å². The van der Waals surface area contributed by atoms with Gasteiger partial charge < -0.3 is 10.2 Å². The second kappa shape index (κ2) is 7.64. The molecule has 6 heteroatoms. The molecule has 2 aromatic rings. The third-order valence-electron chi connectivity index (χ3n) is 5.38. The van der Waals surface area contributed by atoms with Crippen molar-refractivity contribution >= 4 is 50.7 Å². The SMILES string of the molecule is O=C(Nc1ccc2c(c1)N(C(=O)C1CCCC1)CC2)c1cc(Br)ccc1Cl. The zero-order chi connectivity index (χ0) is 19.0. The summed E-state index contributed by atoms with van der Waals surface area (Å²) in [5.74, 6) is 0.104. The lowest BCUT2D eigenvalue weighted by atomic mass is 10.1. The lowest BCUT2D eigenvalue weighted by Crippen LogP contribution is -2.33. The number of nitrogens with zero attached hydrogens (tertiary/aromatic N) is 1. The second-order valence-electron chi connectivity index (χ2n) is 7.14. The molecule has 2 amide bonds. The van der Waals surface area contributed by atoms with Gasteiger partial charge in [0.05, 0.1) is 10.6 Å². The van der Waals surface area contributed by atoms with E-state index in [0.717, 1.165) is 54.4 Å². The Bertz CT molecular complexity index is 909. The van der Waals surface area contributed by atoms with Crippen LogP contribution in [0.2, 0.25) is 5.02 Å². The maximum Gasteiger partial charge on any atom is 0.257 e. The van der Waals surface area contributed by atoms with Crippen LogP contribution < -0.4 is 10.2 Å². The van der Waals surface area contributed by atoms with Crippen LogP contribution in [0.3, 0.4) is 0 Å². The Morgan fingerprint density at radius 1 is 1.11 bits per heavy atom. The molecule has 0 saturated heterocycles. The van der Waals surface area contributed by atoms with Crippen molar-refractivity contribution < 1.29 is 9.59 Å². The summed E-state index contributed by atoms with van der Waals surface area (Å²) in [6, 6.07) is 11.0. The molecule has 0 bridgehead atoms. The van der Waals surface area contributed by atoms with Crippen LogP contribution in [0, 0.1) is 5.92 Å². The molecule has 1 N–H and O–H groups in total. The number of hydrogen-bond acceptors (Lipinski definition) is 2. The molecule has 27 heavy (non-hydrogen) atoms. The summed E-state index contributed by atoms with van der Waals surface area (Å²) >= 11 is 9.52. The lowest BCUT2D eigenvalue weighted by Gasteiger charge is -2.21. The largest absolute Gasteiger partial charge is 0.322 e. The molecule has 1 aliphatic heterocycles. The van der Waals surface area contributed by atoms with Gasteiger partial charge in [-0.1, -0.05) is 46.4 Å². The van der Waals surface area contributed by atoms with Gasteiger partial charge in [0.25, 0.3) is 5.91 Å². The Kier molecular flexibility index (Phi) is 5.24. The van der Waals surface area contributed by atoms with E-state index in [0.29, 0.717) is 16.3 Å². The third-order valence-corrected chi connectivity index (χ3v) is 6.21. The molecule has 1 aliphatic carbocycles. The van der Waals surface area contributed by atoms with Crippen LogP contribution in [0.25, 0.3) is 0 Å². The molecule has 0 spiro atoms. The number of amides is 2. The van der Waals surface area contributed by atoms with E-state index in [4.69, 9.17) is 11.6 Å². The first-order chi connectivity index (χ1) is 13.0. The first-order valence-electron chi connectivity index (χ1n) is 9.23. The van der Waals surface area contributed by atoms with Gasteiger partial charge >= 0.3 is 0 Å². The quantitative estimate of drug-likeness (QED) is 0.681. The fourth-order valence-corrected chi connectivity index (χ4v) is 4.51. The zero-order valence-electron chi connectivity index (χ0n) is 14.8. The van der Waals surface area contributed by atoms with Gasteiger partial charge in [0.1, 0.15) is 0 Å². The number of benzene rings is 2. The van der Waals surface area contributed by atoms with Crippen molar-refractivity contribution in [2.45, 2.75) is 32.1 Å². The Morgan fingerprint density at radius 2 is 1.89 bits per heavy atom. The summed E-state index contributed by atoms with van der Waals surface area (Å²) in [4.78, 5) is 27.4. The lowest BCUT2D eigenvalue weighted by molar-refractivity contribution is -0.122. The number of anilines is 2. The molecule has 1 saturated carbocycles. The van der Waals surface area contributed by atoms with Crippen LogP contribution in [0.15, 0.2) is 40.9 Å². The maximum absolute atomic E-state index is 12.9. The number of rotatable bonds is 3. The van der Waals surface area contributed by atoms with E-state index < -0.39 is 0 Å². The van der Waals surface area contributed by atoms with Gasteiger partial charge in [-0.3, -0.25) is 9.59 Å². The molecule has 2 aromatic carbocycles. The fraction of sp³-hybridized carbons (Fsp3) is 0.333. The molecule has 1 fully saturated rings. The zero-order valence-corrected chi connectivity index (χ0v) is 17.1. The van der Waals surface area contributed by atoms with E-state index in [-0.39, 0.29) is 17.7 Å². The van der Waals surface area contributed by atoms with Crippen molar-refractivity contribution in [1.29, 1.82) is 0 Å². The van der Waals surface area contributed by atoms with Crippen LogP contribution in [-0.2, 0) is 11.2 Å². The van der Waals surface area contributed by atoms with Crippen LogP contribution >= 0.6 is 27.5 Å². The highest BCUT2D eigenvalue weighted by molar-refractivity contribution is 9.10. The normalized spacial score (nSPS) is 16.4.